The van der Waals surface area contributed by atoms with E-state index in [0.717, 1.165) is 27.9 Å². The quantitative estimate of drug-likeness (QED) is 0.554. The van der Waals surface area contributed by atoms with E-state index in [1.807, 2.05) is 60.7 Å². The lowest BCUT2D eigenvalue weighted by atomic mass is 9.96. The second-order valence-electron chi connectivity index (χ2n) is 6.19. The Morgan fingerprint density at radius 3 is 2.39 bits per heavy atom. The third-order valence-corrected chi connectivity index (χ3v) is 4.54. The number of aromatic nitrogens is 2. The predicted molar refractivity (Wildman–Crippen MR) is 113 cm³/mol. The molecule has 3 N–H and O–H groups in total. The van der Waals surface area contributed by atoms with Crippen LogP contribution in [0, 0.1) is 11.3 Å². The summed E-state index contributed by atoms with van der Waals surface area (Å²) in [5, 5.41) is 9.82. The molecule has 0 saturated heterocycles. The number of fused-ring (bicyclic) bond motifs is 1. The van der Waals surface area contributed by atoms with Crippen LogP contribution in [0.5, 0.6) is 0 Å². The van der Waals surface area contributed by atoms with Gasteiger partial charge in [-0.15, -0.1) is 12.4 Å². The molecular weight excluding hydrogens is 372 g/mol. The van der Waals surface area contributed by atoms with E-state index < -0.39 is 0 Å². The van der Waals surface area contributed by atoms with Crippen LogP contribution < -0.4 is 11.3 Å². The normalized spacial score (nSPS) is 10.3. The summed E-state index contributed by atoms with van der Waals surface area (Å²) in [5.74, 6) is 0. The zero-order valence-electron chi connectivity index (χ0n) is 14.8. The van der Waals surface area contributed by atoms with Crippen LogP contribution in [0.4, 0.5) is 0 Å². The first-order valence-electron chi connectivity index (χ1n) is 8.52. The highest BCUT2D eigenvalue weighted by atomic mass is 35.5. The Labute approximate surface area is 167 Å². The van der Waals surface area contributed by atoms with Crippen molar-refractivity contribution >= 4 is 23.3 Å². The molecule has 0 saturated carbocycles. The minimum Gasteiger partial charge on any atom is -0.327 e. The van der Waals surface area contributed by atoms with Gasteiger partial charge in [-0.25, -0.2) is 4.98 Å². The van der Waals surface area contributed by atoms with Crippen molar-refractivity contribution in [2.75, 3.05) is 0 Å². The summed E-state index contributed by atoms with van der Waals surface area (Å²) >= 11 is 0. The first-order chi connectivity index (χ1) is 13.2. The number of halogens is 1. The molecule has 0 aliphatic rings. The maximum Gasteiger partial charge on any atom is 0.257 e. The fourth-order valence-electron chi connectivity index (χ4n) is 3.12. The van der Waals surface area contributed by atoms with Crippen molar-refractivity contribution < 1.29 is 0 Å². The first-order valence-corrected chi connectivity index (χ1v) is 8.52. The molecule has 28 heavy (non-hydrogen) atoms. The van der Waals surface area contributed by atoms with Gasteiger partial charge in [0.1, 0.15) is 6.07 Å². The Hall–Kier alpha value is -3.46. The van der Waals surface area contributed by atoms with Gasteiger partial charge in [0.15, 0.2) is 0 Å². The van der Waals surface area contributed by atoms with E-state index in [2.05, 4.69) is 11.1 Å². The van der Waals surface area contributed by atoms with Crippen molar-refractivity contribution in [3.63, 3.8) is 0 Å². The van der Waals surface area contributed by atoms with E-state index in [0.29, 0.717) is 23.0 Å². The molecular formula is C22H17ClN4O. The fraction of sp³-hybridized carbons (Fsp3) is 0.0455. The van der Waals surface area contributed by atoms with Crippen LogP contribution in [0.2, 0.25) is 0 Å². The molecule has 0 radical (unpaired) electrons. The molecule has 0 amide bonds. The molecule has 2 aromatic carbocycles. The minimum absolute atomic E-state index is 0. The van der Waals surface area contributed by atoms with Gasteiger partial charge in [0.05, 0.1) is 22.2 Å². The summed E-state index contributed by atoms with van der Waals surface area (Å²) in [6.07, 6.45) is 1.40. The van der Waals surface area contributed by atoms with Crippen LogP contribution >= 0.6 is 12.4 Å². The van der Waals surface area contributed by atoms with Gasteiger partial charge in [-0.1, -0.05) is 54.6 Å². The zero-order chi connectivity index (χ0) is 18.8. The molecule has 0 fully saturated rings. The zero-order valence-corrected chi connectivity index (χ0v) is 15.7. The maximum atomic E-state index is 12.3. The third-order valence-electron chi connectivity index (χ3n) is 4.54. The number of H-pyrrole nitrogens is 1. The number of nitrogens with zero attached hydrogens (tertiary/aromatic N) is 2. The van der Waals surface area contributed by atoms with Crippen molar-refractivity contribution in [3.05, 3.63) is 88.3 Å². The Kier molecular flexibility index (Phi) is 5.55. The number of nitrogens with one attached hydrogen (secondary N) is 1. The van der Waals surface area contributed by atoms with Gasteiger partial charge in [-0.2, -0.15) is 5.26 Å². The van der Waals surface area contributed by atoms with Gasteiger partial charge in [-0.05, 0) is 17.2 Å². The van der Waals surface area contributed by atoms with Gasteiger partial charge >= 0.3 is 0 Å². The van der Waals surface area contributed by atoms with E-state index >= 15 is 0 Å². The molecule has 5 nitrogen and oxygen atoms in total. The van der Waals surface area contributed by atoms with Gasteiger partial charge in [0, 0.05) is 23.9 Å². The van der Waals surface area contributed by atoms with Gasteiger partial charge < -0.3 is 10.7 Å². The predicted octanol–water partition coefficient (Wildman–Crippen LogP) is 4.01. The van der Waals surface area contributed by atoms with Crippen LogP contribution in [0.3, 0.4) is 0 Å². The Bertz CT molecular complexity index is 1230. The molecule has 138 valence electrons. The van der Waals surface area contributed by atoms with E-state index in [4.69, 9.17) is 10.7 Å². The van der Waals surface area contributed by atoms with E-state index in [9.17, 15) is 10.1 Å². The SMILES string of the molecule is Cl.N#Cc1c[nH]c(=O)c2cc(-c3ccccc3)c(-c3ccc(CN)cc3)nc12. The number of benzene rings is 2. The lowest BCUT2D eigenvalue weighted by molar-refractivity contribution is 1.07. The van der Waals surface area contributed by atoms with Crippen molar-refractivity contribution in [1.29, 1.82) is 5.26 Å². The van der Waals surface area contributed by atoms with E-state index in [-0.39, 0.29) is 18.0 Å². The molecule has 6 heteroatoms. The molecule has 2 aromatic heterocycles. The van der Waals surface area contributed by atoms with E-state index in [1.165, 1.54) is 6.20 Å². The van der Waals surface area contributed by atoms with Crippen LogP contribution in [0.25, 0.3) is 33.3 Å². The smallest absolute Gasteiger partial charge is 0.257 e. The molecule has 0 spiro atoms. The average molecular weight is 389 g/mol. The molecule has 2 heterocycles. The first kappa shape index (κ1) is 19.3. The second kappa shape index (κ2) is 8.05. The lowest BCUT2D eigenvalue weighted by Gasteiger charge is -2.12. The number of pyridine rings is 2. The van der Waals surface area contributed by atoms with Crippen molar-refractivity contribution in [2.45, 2.75) is 6.54 Å². The number of hydrogen-bond acceptors (Lipinski definition) is 4. The lowest BCUT2D eigenvalue weighted by Crippen LogP contribution is -2.08. The van der Waals surface area contributed by atoms with Crippen molar-refractivity contribution in [2.24, 2.45) is 5.73 Å². The third kappa shape index (κ3) is 3.39. The number of nitriles is 1. The van der Waals surface area contributed by atoms with E-state index in [1.54, 1.807) is 0 Å². The van der Waals surface area contributed by atoms with Crippen molar-refractivity contribution in [1.82, 2.24) is 9.97 Å². The van der Waals surface area contributed by atoms with Gasteiger partial charge in [0.2, 0.25) is 0 Å². The molecule has 4 rings (SSSR count). The Morgan fingerprint density at radius 1 is 1.04 bits per heavy atom. The van der Waals surface area contributed by atoms with Gasteiger partial charge in [-0.3, -0.25) is 4.79 Å². The van der Waals surface area contributed by atoms with Crippen LogP contribution in [0.15, 0.2) is 71.7 Å². The minimum atomic E-state index is -0.265. The average Bonchev–Trinajstić information content (AvgIpc) is 2.74. The second-order valence-corrected chi connectivity index (χ2v) is 6.19. The molecule has 0 aliphatic heterocycles. The highest BCUT2D eigenvalue weighted by molar-refractivity contribution is 5.93. The summed E-state index contributed by atoms with van der Waals surface area (Å²) in [6.45, 7) is 0.463. The largest absolute Gasteiger partial charge is 0.327 e. The summed E-state index contributed by atoms with van der Waals surface area (Å²) in [7, 11) is 0. The maximum absolute atomic E-state index is 12.3. The highest BCUT2D eigenvalue weighted by Crippen LogP contribution is 2.33. The molecule has 0 atom stereocenters. The number of rotatable bonds is 3. The summed E-state index contributed by atoms with van der Waals surface area (Å²) < 4.78 is 0. The topological polar surface area (TPSA) is 95.6 Å². The standard InChI is InChI=1S/C22H16N4O.ClH/c23-11-14-6-8-16(9-7-14)20-18(15-4-2-1-3-5-15)10-19-21(26-20)17(12-24)13-25-22(19)27;/h1-10,13H,11,23H2,(H,25,27);1H. The molecule has 0 bridgehead atoms. The fourth-order valence-corrected chi connectivity index (χ4v) is 3.12. The highest BCUT2D eigenvalue weighted by Gasteiger charge is 2.15. The number of aromatic amines is 1. The summed E-state index contributed by atoms with van der Waals surface area (Å²) in [6, 6.07) is 21.5. The Balaban J connectivity index is 0.00000225. The van der Waals surface area contributed by atoms with Crippen molar-refractivity contribution in [3.8, 4) is 28.5 Å². The van der Waals surface area contributed by atoms with Crippen LogP contribution in [-0.2, 0) is 6.54 Å². The Morgan fingerprint density at radius 2 is 1.75 bits per heavy atom. The molecule has 0 unspecified atom stereocenters. The molecule has 4 aromatic rings. The molecule has 0 aliphatic carbocycles. The number of nitrogens with two attached hydrogens (primary N) is 1. The summed E-state index contributed by atoms with van der Waals surface area (Å²) in [4.78, 5) is 19.7. The monoisotopic (exact) mass is 388 g/mol. The summed E-state index contributed by atoms with van der Waals surface area (Å²) in [5.41, 5.74) is 10.6. The van der Waals surface area contributed by atoms with Crippen LogP contribution in [0.1, 0.15) is 11.1 Å². The van der Waals surface area contributed by atoms with Gasteiger partial charge in [0.25, 0.3) is 5.56 Å². The number of hydrogen-bond donors (Lipinski definition) is 2. The van der Waals surface area contributed by atoms with Crippen LogP contribution in [-0.4, -0.2) is 9.97 Å².